The van der Waals surface area contributed by atoms with E-state index < -0.39 is 6.10 Å². The van der Waals surface area contributed by atoms with Crippen LogP contribution in [0.3, 0.4) is 0 Å². The summed E-state index contributed by atoms with van der Waals surface area (Å²) in [6.07, 6.45) is 8.06. The van der Waals surface area contributed by atoms with Gasteiger partial charge in [-0.15, -0.1) is 0 Å². The Balaban J connectivity index is 1.43. The van der Waals surface area contributed by atoms with E-state index in [2.05, 4.69) is 0 Å². The zero-order valence-corrected chi connectivity index (χ0v) is 13.0. The maximum atomic E-state index is 12.7. The molecule has 4 bridgehead atoms. The van der Waals surface area contributed by atoms with Gasteiger partial charge in [0, 0.05) is 26.6 Å². The minimum Gasteiger partial charge on any atom is -0.388 e. The number of aliphatic hydroxyl groups is 1. The molecular weight excluding hydrogens is 266 g/mol. The molecule has 1 N–H and O–H groups in total. The quantitative estimate of drug-likeness (QED) is 0.863. The molecule has 0 aromatic carbocycles. The van der Waals surface area contributed by atoms with Gasteiger partial charge in [0.15, 0.2) is 0 Å². The molecule has 0 aromatic rings. The Bertz CT molecular complexity index is 400. The number of hydrogen-bond acceptors (Lipinski definition) is 3. The van der Waals surface area contributed by atoms with Gasteiger partial charge in [0.05, 0.1) is 6.10 Å². The maximum absolute atomic E-state index is 12.7. The van der Waals surface area contributed by atoms with E-state index in [0.29, 0.717) is 24.9 Å². The second kappa shape index (κ2) is 4.95. The van der Waals surface area contributed by atoms with Crippen molar-refractivity contribution in [2.75, 3.05) is 20.2 Å². The Morgan fingerprint density at radius 2 is 1.71 bits per heavy atom. The van der Waals surface area contributed by atoms with Crippen molar-refractivity contribution in [1.82, 2.24) is 4.90 Å². The predicted molar refractivity (Wildman–Crippen MR) is 78.6 cm³/mol. The molecule has 4 aliphatic carbocycles. The minimum absolute atomic E-state index is 0.203. The molecule has 1 saturated heterocycles. The molecule has 1 heterocycles. The van der Waals surface area contributed by atoms with Gasteiger partial charge >= 0.3 is 0 Å². The highest BCUT2D eigenvalue weighted by Gasteiger charge is 2.52. The Labute approximate surface area is 126 Å². The average Bonchev–Trinajstić information content (AvgIpc) is 2.78. The van der Waals surface area contributed by atoms with Crippen LogP contribution < -0.4 is 0 Å². The maximum Gasteiger partial charge on any atom is 0.223 e. The normalized spacial score (nSPS) is 48.1. The second-order valence-electron chi connectivity index (χ2n) is 8.23. The number of β-amino-alcohol motifs (C(OH)–C–C–N with tert-alkyl or cyclic N) is 1. The van der Waals surface area contributed by atoms with Crippen molar-refractivity contribution in [3.63, 3.8) is 0 Å². The fourth-order valence-corrected chi connectivity index (χ4v) is 6.13. The van der Waals surface area contributed by atoms with Crippen molar-refractivity contribution in [3.8, 4) is 0 Å². The summed E-state index contributed by atoms with van der Waals surface area (Å²) in [5, 5.41) is 9.92. The predicted octanol–water partition coefficient (Wildman–Crippen LogP) is 1.81. The molecule has 1 aliphatic heterocycles. The lowest BCUT2D eigenvalue weighted by atomic mass is 9.49. The average molecular weight is 293 g/mol. The summed E-state index contributed by atoms with van der Waals surface area (Å²) in [4.78, 5) is 14.5. The molecule has 4 nitrogen and oxygen atoms in total. The number of carbonyl (C=O) groups excluding carboxylic acids is 1. The Hall–Kier alpha value is -0.610. The summed E-state index contributed by atoms with van der Waals surface area (Å²) in [7, 11) is 1.61. The molecule has 21 heavy (non-hydrogen) atoms. The van der Waals surface area contributed by atoms with Crippen LogP contribution in [-0.4, -0.2) is 48.3 Å². The number of rotatable bonds is 3. The molecule has 0 radical (unpaired) electrons. The molecule has 0 spiro atoms. The van der Waals surface area contributed by atoms with E-state index in [4.69, 9.17) is 4.74 Å². The molecule has 1 amide bonds. The first-order valence-corrected chi connectivity index (χ1v) is 8.55. The number of aliphatic hydroxyl groups excluding tert-OH is 1. The zero-order valence-electron chi connectivity index (χ0n) is 13.0. The van der Waals surface area contributed by atoms with Crippen molar-refractivity contribution >= 4 is 5.91 Å². The number of hydrogen-bond donors (Lipinski definition) is 1. The van der Waals surface area contributed by atoms with Gasteiger partial charge in [0.25, 0.3) is 0 Å². The van der Waals surface area contributed by atoms with E-state index in [0.717, 1.165) is 17.8 Å². The van der Waals surface area contributed by atoms with Crippen molar-refractivity contribution in [1.29, 1.82) is 0 Å². The molecule has 5 fully saturated rings. The molecule has 0 aromatic heterocycles. The van der Waals surface area contributed by atoms with Crippen LogP contribution >= 0.6 is 0 Å². The smallest absolute Gasteiger partial charge is 0.223 e. The van der Waals surface area contributed by atoms with E-state index in [9.17, 15) is 9.90 Å². The largest absolute Gasteiger partial charge is 0.388 e. The molecule has 118 valence electrons. The molecular formula is C17H27NO3. The lowest BCUT2D eigenvalue weighted by molar-refractivity contribution is -0.139. The zero-order chi connectivity index (χ0) is 14.6. The summed E-state index contributed by atoms with van der Waals surface area (Å²) >= 11 is 0. The lowest BCUT2D eigenvalue weighted by Crippen LogP contribution is -2.48. The molecule has 0 unspecified atom stereocenters. The SMILES string of the molecule is CO[C@H]1CN(C(=O)CC23CC4CC(CC(C4)C2)C3)C[C@@H]1O. The molecule has 5 rings (SSSR count). The first-order chi connectivity index (χ1) is 10.1. The van der Waals surface area contributed by atoms with Crippen molar-refractivity contribution in [2.45, 2.75) is 57.2 Å². The van der Waals surface area contributed by atoms with Crippen LogP contribution in [0.15, 0.2) is 0 Å². The Kier molecular flexibility index (Phi) is 3.30. The number of carbonyl (C=O) groups is 1. The van der Waals surface area contributed by atoms with Crippen molar-refractivity contribution in [2.24, 2.45) is 23.2 Å². The first kappa shape index (κ1) is 14.0. The molecule has 4 heteroatoms. The van der Waals surface area contributed by atoms with E-state index in [1.165, 1.54) is 38.5 Å². The van der Waals surface area contributed by atoms with Crippen LogP contribution in [0.5, 0.6) is 0 Å². The number of likely N-dealkylation sites (tertiary alicyclic amines) is 1. The van der Waals surface area contributed by atoms with Crippen LogP contribution in [0.2, 0.25) is 0 Å². The van der Waals surface area contributed by atoms with Crippen molar-refractivity contribution < 1.29 is 14.6 Å². The number of ether oxygens (including phenoxy) is 1. The van der Waals surface area contributed by atoms with E-state index >= 15 is 0 Å². The Morgan fingerprint density at radius 3 is 2.19 bits per heavy atom. The van der Waals surface area contributed by atoms with E-state index in [1.54, 1.807) is 7.11 Å². The summed E-state index contributed by atoms with van der Waals surface area (Å²) in [5.74, 6) is 2.91. The van der Waals surface area contributed by atoms with Gasteiger partial charge in [-0.1, -0.05) is 0 Å². The molecule has 2 atom stereocenters. The van der Waals surface area contributed by atoms with Crippen LogP contribution in [0.4, 0.5) is 0 Å². The highest BCUT2D eigenvalue weighted by molar-refractivity contribution is 5.77. The summed E-state index contributed by atoms with van der Waals surface area (Å²) < 4.78 is 5.25. The number of amides is 1. The third-order valence-electron chi connectivity index (χ3n) is 6.58. The van der Waals surface area contributed by atoms with Crippen LogP contribution in [0.1, 0.15) is 44.9 Å². The standard InChI is InChI=1S/C17H27NO3/c1-21-15-10-18(9-14(15)19)16(20)8-17-5-11-2-12(6-17)4-13(3-11)7-17/h11-15,19H,2-10H2,1H3/t11?,12?,13?,14-,15-,17?/m0/s1. The minimum atomic E-state index is -0.518. The Morgan fingerprint density at radius 1 is 1.14 bits per heavy atom. The second-order valence-corrected chi connectivity index (χ2v) is 8.23. The van der Waals surface area contributed by atoms with E-state index in [-0.39, 0.29) is 12.0 Å². The van der Waals surface area contributed by atoms with Gasteiger partial charge in [0.2, 0.25) is 5.91 Å². The first-order valence-electron chi connectivity index (χ1n) is 8.55. The van der Waals surface area contributed by atoms with Gasteiger partial charge < -0.3 is 14.7 Å². The summed E-state index contributed by atoms with van der Waals surface area (Å²) in [5.41, 5.74) is 0.294. The highest BCUT2D eigenvalue weighted by atomic mass is 16.5. The van der Waals surface area contributed by atoms with Gasteiger partial charge in [-0.3, -0.25) is 4.79 Å². The third kappa shape index (κ3) is 2.40. The summed E-state index contributed by atoms with van der Waals surface area (Å²) in [6, 6.07) is 0. The van der Waals surface area contributed by atoms with Crippen molar-refractivity contribution in [3.05, 3.63) is 0 Å². The monoisotopic (exact) mass is 293 g/mol. The van der Waals surface area contributed by atoms with Gasteiger partial charge in [-0.05, 0) is 61.7 Å². The fraction of sp³-hybridized carbons (Fsp3) is 0.941. The van der Waals surface area contributed by atoms with Crippen LogP contribution in [-0.2, 0) is 9.53 Å². The molecule has 5 aliphatic rings. The lowest BCUT2D eigenvalue weighted by Gasteiger charge is -2.56. The fourth-order valence-electron chi connectivity index (χ4n) is 6.13. The summed E-state index contributed by atoms with van der Waals surface area (Å²) in [6.45, 7) is 1.01. The highest BCUT2D eigenvalue weighted by Crippen LogP contribution is 2.61. The number of methoxy groups -OCH3 is 1. The van der Waals surface area contributed by atoms with Gasteiger partial charge in [-0.25, -0.2) is 0 Å². The van der Waals surface area contributed by atoms with Crippen LogP contribution in [0, 0.1) is 23.2 Å². The van der Waals surface area contributed by atoms with Gasteiger partial charge in [0.1, 0.15) is 6.10 Å². The third-order valence-corrected chi connectivity index (χ3v) is 6.58. The topological polar surface area (TPSA) is 49.8 Å². The van der Waals surface area contributed by atoms with E-state index in [1.807, 2.05) is 4.90 Å². The molecule has 4 saturated carbocycles. The van der Waals surface area contributed by atoms with Crippen LogP contribution in [0.25, 0.3) is 0 Å². The van der Waals surface area contributed by atoms with Gasteiger partial charge in [-0.2, -0.15) is 0 Å². The number of nitrogens with zero attached hydrogens (tertiary/aromatic N) is 1.